The number of hydrogen-bond donors (Lipinski definition) is 0. The molecular weight excluding hydrogens is 192 g/mol. The van der Waals surface area contributed by atoms with E-state index < -0.39 is 0 Å². The van der Waals surface area contributed by atoms with Crippen LogP contribution >= 0.6 is 15.9 Å². The van der Waals surface area contributed by atoms with E-state index in [0.717, 1.165) is 6.42 Å². The van der Waals surface area contributed by atoms with Gasteiger partial charge < -0.3 is 0 Å². The Morgan fingerprint density at radius 2 is 2.00 bits per heavy atom. The van der Waals surface area contributed by atoms with E-state index in [1.165, 1.54) is 0 Å². The standard InChI is InChI=1S/C8H15BrO/c1-4-8(2,3)5-7(10)6-9/h4-6H2,1-3H3. The summed E-state index contributed by atoms with van der Waals surface area (Å²) in [5.74, 6) is 0.298. The van der Waals surface area contributed by atoms with Gasteiger partial charge in [0.25, 0.3) is 0 Å². The maximum Gasteiger partial charge on any atom is 0.143 e. The molecule has 0 saturated carbocycles. The van der Waals surface area contributed by atoms with Gasteiger partial charge in [0.1, 0.15) is 5.78 Å². The molecule has 2 heteroatoms. The molecule has 0 bridgehead atoms. The van der Waals surface area contributed by atoms with Crippen LogP contribution in [0, 0.1) is 5.41 Å². The van der Waals surface area contributed by atoms with Crippen LogP contribution in [0.4, 0.5) is 0 Å². The molecule has 0 amide bonds. The average Bonchev–Trinajstić information content (AvgIpc) is 1.87. The van der Waals surface area contributed by atoms with Gasteiger partial charge in [0.15, 0.2) is 0 Å². The van der Waals surface area contributed by atoms with Gasteiger partial charge in [-0.05, 0) is 5.41 Å². The lowest BCUT2D eigenvalue weighted by atomic mass is 9.85. The van der Waals surface area contributed by atoms with Crippen LogP contribution in [0.3, 0.4) is 0 Å². The average molecular weight is 207 g/mol. The second-order valence-electron chi connectivity index (χ2n) is 3.37. The minimum absolute atomic E-state index is 0.185. The second kappa shape index (κ2) is 4.12. The lowest BCUT2D eigenvalue weighted by Gasteiger charge is -2.20. The third-order valence-corrected chi connectivity index (χ3v) is 2.41. The topological polar surface area (TPSA) is 17.1 Å². The molecule has 0 aliphatic carbocycles. The zero-order valence-electron chi connectivity index (χ0n) is 6.91. The smallest absolute Gasteiger partial charge is 0.143 e. The first-order valence-electron chi connectivity index (χ1n) is 3.59. The molecule has 0 radical (unpaired) electrons. The first-order chi connectivity index (χ1) is 4.52. The van der Waals surface area contributed by atoms with Crippen LogP contribution in [0.15, 0.2) is 0 Å². The molecule has 0 aromatic carbocycles. The van der Waals surface area contributed by atoms with E-state index in [1.807, 2.05) is 0 Å². The number of carbonyl (C=O) groups is 1. The maximum absolute atomic E-state index is 10.9. The Kier molecular flexibility index (Phi) is 4.18. The van der Waals surface area contributed by atoms with Crippen LogP contribution in [0.1, 0.15) is 33.6 Å². The van der Waals surface area contributed by atoms with Gasteiger partial charge in [0.2, 0.25) is 0 Å². The summed E-state index contributed by atoms with van der Waals surface area (Å²) in [4.78, 5) is 10.9. The zero-order chi connectivity index (χ0) is 8.20. The van der Waals surface area contributed by atoms with Gasteiger partial charge in [-0.1, -0.05) is 43.1 Å². The summed E-state index contributed by atoms with van der Waals surface area (Å²) in [5, 5.41) is 0.496. The largest absolute Gasteiger partial charge is 0.299 e. The fourth-order valence-corrected chi connectivity index (χ4v) is 0.904. The summed E-state index contributed by atoms with van der Waals surface area (Å²) in [6, 6.07) is 0. The summed E-state index contributed by atoms with van der Waals surface area (Å²) in [7, 11) is 0. The number of halogens is 1. The van der Waals surface area contributed by atoms with E-state index in [4.69, 9.17) is 0 Å². The molecular formula is C8H15BrO. The predicted molar refractivity (Wildman–Crippen MR) is 47.5 cm³/mol. The van der Waals surface area contributed by atoms with Crippen LogP contribution < -0.4 is 0 Å². The lowest BCUT2D eigenvalue weighted by molar-refractivity contribution is -0.118. The monoisotopic (exact) mass is 206 g/mol. The van der Waals surface area contributed by atoms with Gasteiger partial charge >= 0.3 is 0 Å². The fourth-order valence-electron chi connectivity index (χ4n) is 0.706. The summed E-state index contributed by atoms with van der Waals surface area (Å²) in [6.45, 7) is 6.35. The van der Waals surface area contributed by atoms with Crippen molar-refractivity contribution in [2.24, 2.45) is 5.41 Å². The van der Waals surface area contributed by atoms with Gasteiger partial charge in [-0.2, -0.15) is 0 Å². The minimum atomic E-state index is 0.185. The Morgan fingerprint density at radius 1 is 1.50 bits per heavy atom. The molecule has 0 spiro atoms. The molecule has 1 nitrogen and oxygen atoms in total. The zero-order valence-corrected chi connectivity index (χ0v) is 8.49. The molecule has 0 aliphatic rings. The highest BCUT2D eigenvalue weighted by Crippen LogP contribution is 2.24. The van der Waals surface area contributed by atoms with Crippen molar-refractivity contribution in [2.45, 2.75) is 33.6 Å². The van der Waals surface area contributed by atoms with Gasteiger partial charge in [0, 0.05) is 6.42 Å². The van der Waals surface area contributed by atoms with Crippen molar-refractivity contribution in [3.8, 4) is 0 Å². The Bertz CT molecular complexity index is 118. The van der Waals surface area contributed by atoms with Crippen molar-refractivity contribution in [3.05, 3.63) is 0 Å². The van der Waals surface area contributed by atoms with E-state index in [0.29, 0.717) is 17.5 Å². The highest BCUT2D eigenvalue weighted by atomic mass is 79.9. The van der Waals surface area contributed by atoms with E-state index in [2.05, 4.69) is 36.7 Å². The molecule has 10 heavy (non-hydrogen) atoms. The molecule has 0 rings (SSSR count). The number of ketones is 1. The number of alkyl halides is 1. The van der Waals surface area contributed by atoms with Crippen molar-refractivity contribution >= 4 is 21.7 Å². The van der Waals surface area contributed by atoms with Crippen LogP contribution in [-0.2, 0) is 4.79 Å². The highest BCUT2D eigenvalue weighted by molar-refractivity contribution is 9.09. The molecule has 0 N–H and O–H groups in total. The fraction of sp³-hybridized carbons (Fsp3) is 0.875. The number of rotatable bonds is 4. The van der Waals surface area contributed by atoms with Crippen molar-refractivity contribution in [1.29, 1.82) is 0 Å². The maximum atomic E-state index is 10.9. The van der Waals surface area contributed by atoms with Crippen LogP contribution in [0.5, 0.6) is 0 Å². The number of hydrogen-bond acceptors (Lipinski definition) is 1. The van der Waals surface area contributed by atoms with Crippen molar-refractivity contribution < 1.29 is 4.79 Å². The molecule has 0 fully saturated rings. The Morgan fingerprint density at radius 3 is 2.30 bits per heavy atom. The highest BCUT2D eigenvalue weighted by Gasteiger charge is 2.18. The minimum Gasteiger partial charge on any atom is -0.299 e. The van der Waals surface area contributed by atoms with Crippen molar-refractivity contribution in [2.75, 3.05) is 5.33 Å². The van der Waals surface area contributed by atoms with Crippen molar-refractivity contribution in [1.82, 2.24) is 0 Å². The third kappa shape index (κ3) is 4.04. The third-order valence-electron chi connectivity index (χ3n) is 1.78. The molecule has 0 heterocycles. The van der Waals surface area contributed by atoms with Crippen LogP contribution in [-0.4, -0.2) is 11.1 Å². The van der Waals surface area contributed by atoms with E-state index in [-0.39, 0.29) is 5.41 Å². The quantitative estimate of drug-likeness (QED) is 0.648. The van der Waals surface area contributed by atoms with E-state index >= 15 is 0 Å². The number of carbonyl (C=O) groups excluding carboxylic acids is 1. The van der Waals surface area contributed by atoms with Crippen LogP contribution in [0.2, 0.25) is 0 Å². The first-order valence-corrected chi connectivity index (χ1v) is 4.71. The molecule has 0 atom stereocenters. The van der Waals surface area contributed by atoms with Gasteiger partial charge in [-0.15, -0.1) is 0 Å². The second-order valence-corrected chi connectivity index (χ2v) is 3.93. The molecule has 0 unspecified atom stereocenters. The number of Topliss-reactive ketones (excluding diaryl/α,β-unsaturated/α-hetero) is 1. The van der Waals surface area contributed by atoms with Gasteiger partial charge in [-0.25, -0.2) is 0 Å². The Labute approximate surface area is 71.3 Å². The van der Waals surface area contributed by atoms with E-state index in [1.54, 1.807) is 0 Å². The molecule has 60 valence electrons. The van der Waals surface area contributed by atoms with Gasteiger partial charge in [0.05, 0.1) is 5.33 Å². The van der Waals surface area contributed by atoms with E-state index in [9.17, 15) is 4.79 Å². The predicted octanol–water partition coefficient (Wildman–Crippen LogP) is 2.78. The molecule has 0 saturated heterocycles. The van der Waals surface area contributed by atoms with Gasteiger partial charge in [-0.3, -0.25) is 4.79 Å². The van der Waals surface area contributed by atoms with Crippen LogP contribution in [0.25, 0.3) is 0 Å². The summed E-state index contributed by atoms with van der Waals surface area (Å²) in [6.07, 6.45) is 1.75. The molecule has 0 aromatic rings. The SMILES string of the molecule is CCC(C)(C)CC(=O)CBr. The Balaban J connectivity index is 3.76. The van der Waals surface area contributed by atoms with Crippen molar-refractivity contribution in [3.63, 3.8) is 0 Å². The summed E-state index contributed by atoms with van der Waals surface area (Å²) >= 11 is 3.15. The Hall–Kier alpha value is 0.150. The summed E-state index contributed by atoms with van der Waals surface area (Å²) < 4.78 is 0. The molecule has 0 aromatic heterocycles. The molecule has 0 aliphatic heterocycles. The normalized spacial score (nSPS) is 11.6. The first kappa shape index (κ1) is 10.2. The summed E-state index contributed by atoms with van der Waals surface area (Å²) in [5.41, 5.74) is 0.185. The lowest BCUT2D eigenvalue weighted by Crippen LogP contribution is -2.16.